The van der Waals surface area contributed by atoms with Crippen LogP contribution in [-0.2, 0) is 9.59 Å². The molecular weight excluding hydrogens is 522 g/mol. The lowest BCUT2D eigenvalue weighted by Crippen LogP contribution is -2.36. The zero-order chi connectivity index (χ0) is 24.4. The van der Waals surface area contributed by atoms with Gasteiger partial charge >= 0.3 is 11.8 Å². The summed E-state index contributed by atoms with van der Waals surface area (Å²) in [6, 6.07) is 17.4. The molecule has 11 heteroatoms. The van der Waals surface area contributed by atoms with E-state index in [0.29, 0.717) is 26.6 Å². The minimum atomic E-state index is -1.02. The number of benzene rings is 3. The number of rotatable bonds is 4. The summed E-state index contributed by atoms with van der Waals surface area (Å²) in [5, 5.41) is 7.00. The number of hydrogen-bond acceptors (Lipinski definition) is 3. The molecule has 3 N–H and O–H groups in total. The Bertz CT molecular complexity index is 1450. The van der Waals surface area contributed by atoms with E-state index in [2.05, 4.69) is 16.1 Å². The molecule has 0 radical (unpaired) electrons. The van der Waals surface area contributed by atoms with Crippen molar-refractivity contribution in [3.8, 4) is 0 Å². The summed E-state index contributed by atoms with van der Waals surface area (Å²) < 4.78 is 1.19. The molecule has 7 nitrogen and oxygen atoms in total. The second kappa shape index (κ2) is 9.95. The number of fused-ring (bicyclic) bond motifs is 1. The number of amides is 3. The van der Waals surface area contributed by atoms with Crippen LogP contribution < -0.4 is 16.1 Å². The lowest BCUT2D eigenvalue weighted by atomic mass is 10.2. The topological polar surface area (TPSA) is 92.2 Å². The molecule has 3 amide bonds. The number of anilines is 2. The van der Waals surface area contributed by atoms with Crippen molar-refractivity contribution in [2.45, 2.75) is 0 Å². The van der Waals surface area contributed by atoms with Crippen LogP contribution in [0.15, 0.2) is 66.7 Å². The maximum absolute atomic E-state index is 13.1. The van der Waals surface area contributed by atoms with Gasteiger partial charge in [-0.3, -0.25) is 19.8 Å². The highest BCUT2D eigenvalue weighted by atomic mass is 35.5. The Morgan fingerprint density at radius 2 is 1.35 bits per heavy atom. The van der Waals surface area contributed by atoms with Crippen LogP contribution in [0.2, 0.25) is 20.1 Å². The number of para-hydroxylation sites is 1. The molecule has 0 atom stereocenters. The van der Waals surface area contributed by atoms with Crippen molar-refractivity contribution < 1.29 is 14.4 Å². The first-order chi connectivity index (χ1) is 16.2. The van der Waals surface area contributed by atoms with Gasteiger partial charge in [0, 0.05) is 15.4 Å². The molecule has 3 aromatic carbocycles. The molecule has 0 aliphatic rings. The number of hydrogen-bond donors (Lipinski definition) is 3. The summed E-state index contributed by atoms with van der Waals surface area (Å²) >= 11 is 24.2. The van der Waals surface area contributed by atoms with Crippen LogP contribution in [0.25, 0.3) is 10.9 Å². The fourth-order valence-electron chi connectivity index (χ4n) is 3.14. The second-order valence-electron chi connectivity index (χ2n) is 7.02. The van der Waals surface area contributed by atoms with E-state index in [1.165, 1.54) is 16.8 Å². The maximum atomic E-state index is 13.1. The van der Waals surface area contributed by atoms with Crippen LogP contribution >= 0.6 is 46.4 Å². The van der Waals surface area contributed by atoms with Crippen molar-refractivity contribution in [1.82, 2.24) is 4.68 Å². The van der Waals surface area contributed by atoms with Gasteiger partial charge in [0.05, 0.1) is 26.9 Å². The third-order valence-corrected chi connectivity index (χ3v) is 5.83. The van der Waals surface area contributed by atoms with Crippen LogP contribution in [0.4, 0.5) is 11.4 Å². The summed E-state index contributed by atoms with van der Waals surface area (Å²) in [5.74, 6) is -2.59. The van der Waals surface area contributed by atoms with E-state index in [9.17, 15) is 14.4 Å². The van der Waals surface area contributed by atoms with Gasteiger partial charge in [-0.15, -0.1) is 0 Å². The SMILES string of the molecule is O=C(Nc1ccccc1Cl)C(=O)Nn1c(C(=O)Nc2ccc(Cl)cc2Cl)cc2cc(Cl)ccc21. The lowest BCUT2D eigenvalue weighted by molar-refractivity contribution is -0.133. The average molecular weight is 536 g/mol. The zero-order valence-electron chi connectivity index (χ0n) is 17.0. The van der Waals surface area contributed by atoms with Crippen molar-refractivity contribution in [3.63, 3.8) is 0 Å². The van der Waals surface area contributed by atoms with Gasteiger partial charge in [-0.1, -0.05) is 58.5 Å². The lowest BCUT2D eigenvalue weighted by Gasteiger charge is -2.13. The molecule has 1 heterocycles. The number of nitrogens with one attached hydrogen (secondary N) is 3. The van der Waals surface area contributed by atoms with Gasteiger partial charge in [0.15, 0.2) is 0 Å². The van der Waals surface area contributed by atoms with Crippen molar-refractivity contribution in [2.75, 3.05) is 16.1 Å². The Morgan fingerprint density at radius 3 is 2.09 bits per heavy atom. The smallest absolute Gasteiger partial charge is 0.319 e. The molecule has 34 heavy (non-hydrogen) atoms. The van der Waals surface area contributed by atoms with Crippen LogP contribution in [0.5, 0.6) is 0 Å². The Hall–Kier alpha value is -3.23. The van der Waals surface area contributed by atoms with Crippen molar-refractivity contribution in [1.29, 1.82) is 0 Å². The number of nitrogens with zero attached hydrogens (tertiary/aromatic N) is 1. The largest absolute Gasteiger partial charge is 0.328 e. The third kappa shape index (κ3) is 5.13. The Morgan fingerprint density at radius 1 is 0.676 bits per heavy atom. The van der Waals surface area contributed by atoms with Crippen molar-refractivity contribution in [3.05, 3.63) is 92.5 Å². The Kier molecular flexibility index (Phi) is 7.00. The number of carbonyl (C=O) groups is 3. The first-order valence-corrected chi connectivity index (χ1v) is 11.2. The number of carbonyl (C=O) groups excluding carboxylic acids is 3. The second-order valence-corrected chi connectivity index (χ2v) is 8.71. The predicted molar refractivity (Wildman–Crippen MR) is 136 cm³/mol. The van der Waals surface area contributed by atoms with Gasteiger partial charge in [0.2, 0.25) is 0 Å². The van der Waals surface area contributed by atoms with Gasteiger partial charge in [-0.05, 0) is 54.6 Å². The summed E-state index contributed by atoms with van der Waals surface area (Å²) in [4.78, 5) is 38.3. The minimum absolute atomic E-state index is 0.0298. The molecule has 1 aromatic heterocycles. The van der Waals surface area contributed by atoms with Crippen molar-refractivity contribution >= 4 is 86.4 Å². The van der Waals surface area contributed by atoms with Crippen LogP contribution in [0.1, 0.15) is 10.5 Å². The highest BCUT2D eigenvalue weighted by Crippen LogP contribution is 2.28. The van der Waals surface area contributed by atoms with Gasteiger partial charge < -0.3 is 10.6 Å². The molecule has 0 saturated heterocycles. The summed E-state index contributed by atoms with van der Waals surface area (Å²) in [6.45, 7) is 0. The number of halogens is 4. The van der Waals surface area contributed by atoms with Crippen LogP contribution in [0, 0.1) is 0 Å². The van der Waals surface area contributed by atoms with E-state index in [-0.39, 0.29) is 21.4 Å². The fourth-order valence-corrected chi connectivity index (χ4v) is 3.96. The van der Waals surface area contributed by atoms with Crippen LogP contribution in [-0.4, -0.2) is 22.4 Å². The quantitative estimate of drug-likeness (QED) is 0.271. The minimum Gasteiger partial charge on any atom is -0.319 e. The Labute approximate surface area is 213 Å². The van der Waals surface area contributed by atoms with Gasteiger partial charge in [-0.2, -0.15) is 0 Å². The van der Waals surface area contributed by atoms with E-state index in [1.807, 2.05) is 0 Å². The molecule has 0 unspecified atom stereocenters. The first kappa shape index (κ1) is 23.9. The monoisotopic (exact) mass is 534 g/mol. The third-order valence-electron chi connectivity index (χ3n) is 4.72. The van der Waals surface area contributed by atoms with Gasteiger partial charge in [0.1, 0.15) is 5.69 Å². The average Bonchev–Trinajstić information content (AvgIpc) is 3.14. The molecule has 0 spiro atoms. The van der Waals surface area contributed by atoms with E-state index in [0.717, 1.165) is 0 Å². The Balaban J connectivity index is 1.65. The van der Waals surface area contributed by atoms with Crippen molar-refractivity contribution in [2.24, 2.45) is 0 Å². The highest BCUT2D eigenvalue weighted by Gasteiger charge is 2.22. The molecule has 0 bridgehead atoms. The molecule has 4 aromatic rings. The molecule has 0 saturated carbocycles. The predicted octanol–water partition coefficient (Wildman–Crippen LogP) is 6.22. The standard InChI is InChI=1S/C23H14Cl4N4O3/c24-13-6-8-19-12(9-13)10-20(21(32)28-18-7-5-14(25)11-16(18)27)31(19)30-23(34)22(33)29-17-4-2-1-3-15(17)26/h1-11H,(H,28,32)(H,29,33)(H,30,34). The van der Waals surface area contributed by atoms with Gasteiger partial charge in [0.25, 0.3) is 5.91 Å². The van der Waals surface area contributed by atoms with Crippen LogP contribution in [0.3, 0.4) is 0 Å². The fraction of sp³-hybridized carbons (Fsp3) is 0. The summed E-state index contributed by atoms with van der Waals surface area (Å²) in [5.41, 5.74) is 3.50. The molecular formula is C23H14Cl4N4O3. The molecule has 0 fully saturated rings. The molecule has 0 aliphatic heterocycles. The summed E-state index contributed by atoms with van der Waals surface area (Å²) in [6.07, 6.45) is 0. The molecule has 172 valence electrons. The summed E-state index contributed by atoms with van der Waals surface area (Å²) in [7, 11) is 0. The van der Waals surface area contributed by atoms with E-state index in [1.54, 1.807) is 54.6 Å². The van der Waals surface area contributed by atoms with E-state index < -0.39 is 17.7 Å². The highest BCUT2D eigenvalue weighted by molar-refractivity contribution is 6.44. The van der Waals surface area contributed by atoms with E-state index >= 15 is 0 Å². The molecule has 4 rings (SSSR count). The zero-order valence-corrected chi connectivity index (χ0v) is 20.1. The van der Waals surface area contributed by atoms with Gasteiger partial charge in [-0.25, -0.2) is 4.68 Å². The number of aromatic nitrogens is 1. The normalized spacial score (nSPS) is 10.7. The first-order valence-electron chi connectivity index (χ1n) is 9.67. The molecule has 0 aliphatic carbocycles. The maximum Gasteiger partial charge on any atom is 0.328 e. The van der Waals surface area contributed by atoms with E-state index in [4.69, 9.17) is 46.4 Å².